The highest BCUT2D eigenvalue weighted by atomic mass is 79.9. The highest BCUT2D eigenvalue weighted by Crippen LogP contribution is 2.27. The summed E-state index contributed by atoms with van der Waals surface area (Å²) in [5.74, 6) is 0.842. The van der Waals surface area contributed by atoms with Crippen LogP contribution in [0.1, 0.15) is 18.2 Å². The van der Waals surface area contributed by atoms with Crippen molar-refractivity contribution in [2.75, 3.05) is 11.9 Å². The summed E-state index contributed by atoms with van der Waals surface area (Å²) in [7, 11) is 0. The minimum Gasteiger partial charge on any atom is -0.294 e. The number of rotatable bonds is 3. The van der Waals surface area contributed by atoms with Gasteiger partial charge in [0.25, 0.3) is 0 Å². The van der Waals surface area contributed by atoms with Gasteiger partial charge in [-0.1, -0.05) is 28.9 Å². The van der Waals surface area contributed by atoms with Gasteiger partial charge in [-0.2, -0.15) is 0 Å². The summed E-state index contributed by atoms with van der Waals surface area (Å²) in [5, 5.41) is 3.28. The molecule has 1 aromatic rings. The van der Waals surface area contributed by atoms with Gasteiger partial charge in [0.1, 0.15) is 0 Å². The Bertz CT molecular complexity index is 273. The molecule has 0 aliphatic carbocycles. The monoisotopic (exact) mass is 273 g/mol. The maximum Gasteiger partial charge on any atom is 0.0331 e. The Morgan fingerprint density at radius 3 is 3.14 bits per heavy atom. The van der Waals surface area contributed by atoms with E-state index in [0.29, 0.717) is 0 Å². The minimum absolute atomic E-state index is 0.733. The molecule has 2 heterocycles. The van der Waals surface area contributed by atoms with Gasteiger partial charge in [0, 0.05) is 22.8 Å². The fourth-order valence-corrected chi connectivity index (χ4v) is 3.91. The molecule has 1 saturated heterocycles. The molecule has 3 heteroatoms. The average Bonchev–Trinajstić information content (AvgIpc) is 2.77. The Labute approximate surface area is 98.2 Å². The van der Waals surface area contributed by atoms with Crippen molar-refractivity contribution in [1.29, 1.82) is 0 Å². The second kappa shape index (κ2) is 4.77. The smallest absolute Gasteiger partial charge is 0.0331 e. The van der Waals surface area contributed by atoms with E-state index in [1.165, 1.54) is 17.8 Å². The maximum atomic E-state index is 3.62. The molecule has 1 aliphatic heterocycles. The van der Waals surface area contributed by atoms with E-state index < -0.39 is 0 Å². The molecule has 2 rings (SSSR count). The Morgan fingerprint density at radius 2 is 2.50 bits per heavy atom. The largest absolute Gasteiger partial charge is 0.294 e. The van der Waals surface area contributed by atoms with E-state index >= 15 is 0 Å². The molecular formula is C11H16BrNS. The zero-order valence-corrected chi connectivity index (χ0v) is 10.9. The number of likely N-dealkylation sites (tertiary alicyclic amines) is 1. The third kappa shape index (κ3) is 2.20. The third-order valence-corrected chi connectivity index (χ3v) is 4.62. The molecule has 1 nitrogen and oxygen atoms in total. The summed E-state index contributed by atoms with van der Waals surface area (Å²) in [6.07, 6.45) is 1.35. The van der Waals surface area contributed by atoms with Crippen LogP contribution in [-0.4, -0.2) is 22.8 Å². The summed E-state index contributed by atoms with van der Waals surface area (Å²) in [4.78, 5) is 4.09. The van der Waals surface area contributed by atoms with Crippen molar-refractivity contribution >= 4 is 27.3 Å². The number of thiophene rings is 1. The van der Waals surface area contributed by atoms with Gasteiger partial charge in [-0.05, 0) is 30.3 Å². The lowest BCUT2D eigenvalue weighted by Gasteiger charge is -2.24. The van der Waals surface area contributed by atoms with Crippen LogP contribution in [0.15, 0.2) is 17.5 Å². The molecule has 0 radical (unpaired) electrons. The van der Waals surface area contributed by atoms with Crippen LogP contribution < -0.4 is 0 Å². The Kier molecular flexibility index (Phi) is 3.63. The molecule has 1 aliphatic rings. The SMILES string of the molecule is CC1CCN(Cc2cccs2)C1CBr. The molecular weight excluding hydrogens is 258 g/mol. The first-order chi connectivity index (χ1) is 6.81. The molecule has 1 fully saturated rings. The van der Waals surface area contributed by atoms with Gasteiger partial charge in [0.05, 0.1) is 0 Å². The van der Waals surface area contributed by atoms with Crippen LogP contribution in [-0.2, 0) is 6.54 Å². The van der Waals surface area contributed by atoms with Crippen molar-refractivity contribution in [3.63, 3.8) is 0 Å². The summed E-state index contributed by atoms with van der Waals surface area (Å²) >= 11 is 5.49. The topological polar surface area (TPSA) is 3.24 Å². The lowest BCUT2D eigenvalue weighted by Crippen LogP contribution is -2.32. The highest BCUT2D eigenvalue weighted by Gasteiger charge is 2.29. The van der Waals surface area contributed by atoms with E-state index in [9.17, 15) is 0 Å². The predicted octanol–water partition coefficient (Wildman–Crippen LogP) is 3.35. The number of hydrogen-bond acceptors (Lipinski definition) is 2. The fourth-order valence-electron chi connectivity index (χ4n) is 2.14. The van der Waals surface area contributed by atoms with E-state index in [2.05, 4.69) is 45.3 Å². The zero-order valence-electron chi connectivity index (χ0n) is 8.45. The van der Waals surface area contributed by atoms with Crippen LogP contribution in [0.25, 0.3) is 0 Å². The molecule has 0 N–H and O–H groups in total. The highest BCUT2D eigenvalue weighted by molar-refractivity contribution is 9.09. The Morgan fingerprint density at radius 1 is 1.64 bits per heavy atom. The first-order valence-corrected chi connectivity index (χ1v) is 7.13. The summed E-state index contributed by atoms with van der Waals surface area (Å²) in [5.41, 5.74) is 0. The van der Waals surface area contributed by atoms with Crippen molar-refractivity contribution in [1.82, 2.24) is 4.90 Å². The summed E-state index contributed by atoms with van der Waals surface area (Å²) < 4.78 is 0. The van der Waals surface area contributed by atoms with E-state index in [0.717, 1.165) is 23.8 Å². The van der Waals surface area contributed by atoms with Gasteiger partial charge in [-0.3, -0.25) is 4.90 Å². The van der Waals surface area contributed by atoms with Crippen molar-refractivity contribution in [3.8, 4) is 0 Å². The number of alkyl halides is 1. The van der Waals surface area contributed by atoms with E-state index in [4.69, 9.17) is 0 Å². The second-order valence-corrected chi connectivity index (χ2v) is 5.72. The number of hydrogen-bond donors (Lipinski definition) is 0. The third-order valence-electron chi connectivity index (χ3n) is 3.09. The van der Waals surface area contributed by atoms with Crippen LogP contribution in [0.4, 0.5) is 0 Å². The minimum atomic E-state index is 0.733. The van der Waals surface area contributed by atoms with Crippen LogP contribution in [0, 0.1) is 5.92 Å². The summed E-state index contributed by atoms with van der Waals surface area (Å²) in [6, 6.07) is 5.11. The zero-order chi connectivity index (χ0) is 9.97. The van der Waals surface area contributed by atoms with Crippen LogP contribution >= 0.6 is 27.3 Å². The Hall–Kier alpha value is 0.140. The Balaban J connectivity index is 1.98. The van der Waals surface area contributed by atoms with E-state index in [1.54, 1.807) is 0 Å². The molecule has 78 valence electrons. The second-order valence-electron chi connectivity index (χ2n) is 4.04. The quantitative estimate of drug-likeness (QED) is 0.764. The first-order valence-electron chi connectivity index (χ1n) is 5.13. The molecule has 0 aromatic carbocycles. The van der Waals surface area contributed by atoms with Gasteiger partial charge >= 0.3 is 0 Å². The van der Waals surface area contributed by atoms with Crippen LogP contribution in [0.3, 0.4) is 0 Å². The summed E-state index contributed by atoms with van der Waals surface area (Å²) in [6.45, 7) is 4.76. The molecule has 0 bridgehead atoms. The van der Waals surface area contributed by atoms with Gasteiger partial charge < -0.3 is 0 Å². The first kappa shape index (κ1) is 10.7. The van der Waals surface area contributed by atoms with Gasteiger partial charge in [-0.25, -0.2) is 0 Å². The normalized spacial score (nSPS) is 28.4. The van der Waals surface area contributed by atoms with Gasteiger partial charge in [-0.15, -0.1) is 11.3 Å². The average molecular weight is 274 g/mol. The molecule has 1 aromatic heterocycles. The fraction of sp³-hybridized carbons (Fsp3) is 0.636. The predicted molar refractivity (Wildman–Crippen MR) is 66.1 cm³/mol. The van der Waals surface area contributed by atoms with Crippen LogP contribution in [0.2, 0.25) is 0 Å². The number of nitrogens with zero attached hydrogens (tertiary/aromatic N) is 1. The lowest BCUT2D eigenvalue weighted by atomic mass is 10.1. The van der Waals surface area contributed by atoms with Gasteiger partial charge in [0.15, 0.2) is 0 Å². The van der Waals surface area contributed by atoms with Crippen molar-refractivity contribution in [2.45, 2.75) is 25.9 Å². The molecule has 0 saturated carbocycles. The molecule has 2 atom stereocenters. The lowest BCUT2D eigenvalue weighted by molar-refractivity contribution is 0.246. The standard InChI is InChI=1S/C11H16BrNS/c1-9-4-5-13(11(9)7-12)8-10-3-2-6-14-10/h2-3,6,9,11H,4-5,7-8H2,1H3. The van der Waals surface area contributed by atoms with Crippen molar-refractivity contribution in [3.05, 3.63) is 22.4 Å². The maximum absolute atomic E-state index is 3.62. The van der Waals surface area contributed by atoms with Crippen LogP contribution in [0.5, 0.6) is 0 Å². The van der Waals surface area contributed by atoms with E-state index in [-0.39, 0.29) is 0 Å². The molecule has 14 heavy (non-hydrogen) atoms. The van der Waals surface area contributed by atoms with Gasteiger partial charge in [0.2, 0.25) is 0 Å². The van der Waals surface area contributed by atoms with Crippen molar-refractivity contribution < 1.29 is 0 Å². The molecule has 0 amide bonds. The molecule has 2 unspecified atom stereocenters. The van der Waals surface area contributed by atoms with Crippen molar-refractivity contribution in [2.24, 2.45) is 5.92 Å². The van der Waals surface area contributed by atoms with E-state index in [1.807, 2.05) is 11.3 Å². The number of halogens is 1. The molecule has 0 spiro atoms.